The Kier molecular flexibility index (Phi) is 5.85. The summed E-state index contributed by atoms with van der Waals surface area (Å²) in [5.41, 5.74) is 5.52. The monoisotopic (exact) mass is 355 g/mol. The van der Waals surface area contributed by atoms with E-state index in [1.54, 1.807) is 0 Å². The van der Waals surface area contributed by atoms with Crippen LogP contribution in [0.3, 0.4) is 0 Å². The normalized spacial score (nSPS) is 19.8. The number of thiol groups is 1. The Morgan fingerprint density at radius 1 is 1.33 bits per heavy atom. The van der Waals surface area contributed by atoms with Gasteiger partial charge in [-0.05, 0) is 24.1 Å². The number of nitro benzene ring substituents is 1. The quantitative estimate of drug-likeness (QED) is 0.470. The molecule has 1 fully saturated rings. The van der Waals surface area contributed by atoms with E-state index < -0.39 is 17.1 Å². The van der Waals surface area contributed by atoms with Gasteiger partial charge >= 0.3 is 12.2 Å². The summed E-state index contributed by atoms with van der Waals surface area (Å²) in [4.78, 5) is 34.4. The van der Waals surface area contributed by atoms with Crippen molar-refractivity contribution in [3.8, 4) is 0 Å². The van der Waals surface area contributed by atoms with Gasteiger partial charge in [-0.2, -0.15) is 12.6 Å². The second-order valence-corrected chi connectivity index (χ2v) is 6.03. The molecule has 2 atom stereocenters. The van der Waals surface area contributed by atoms with Crippen LogP contribution in [0.25, 0.3) is 0 Å². The fourth-order valence-corrected chi connectivity index (χ4v) is 2.81. The first-order valence-corrected chi connectivity index (χ1v) is 7.65. The van der Waals surface area contributed by atoms with E-state index in [1.807, 2.05) is 0 Å². The molecule has 1 aliphatic rings. The number of nitrogens with two attached hydrogens (primary N) is 1. The van der Waals surface area contributed by atoms with Crippen LogP contribution in [-0.2, 0) is 16.1 Å². The zero-order valence-corrected chi connectivity index (χ0v) is 13.6. The highest BCUT2D eigenvalue weighted by molar-refractivity contribution is 7.81. The van der Waals surface area contributed by atoms with Gasteiger partial charge in [0.05, 0.1) is 11.0 Å². The molecule has 0 saturated carbocycles. The highest BCUT2D eigenvalue weighted by atomic mass is 32.1. The summed E-state index contributed by atoms with van der Waals surface area (Å²) in [5.74, 6) is 0. The van der Waals surface area contributed by atoms with Crippen molar-refractivity contribution in [2.24, 2.45) is 5.73 Å². The van der Waals surface area contributed by atoms with E-state index >= 15 is 0 Å². The Balaban J connectivity index is 1.90. The van der Waals surface area contributed by atoms with Crippen molar-refractivity contribution < 1.29 is 24.0 Å². The lowest BCUT2D eigenvalue weighted by atomic mass is 10.2. The van der Waals surface area contributed by atoms with Crippen LogP contribution in [0.4, 0.5) is 15.3 Å². The molecule has 1 saturated heterocycles. The van der Waals surface area contributed by atoms with Crippen LogP contribution in [0.15, 0.2) is 24.3 Å². The molecule has 2 amide bonds. The molecule has 2 rings (SSSR count). The van der Waals surface area contributed by atoms with Gasteiger partial charge in [0.1, 0.15) is 13.2 Å². The maximum Gasteiger partial charge on any atom is 0.410 e. The van der Waals surface area contributed by atoms with Crippen molar-refractivity contribution in [2.45, 2.75) is 24.3 Å². The number of benzene rings is 1. The molecule has 0 bridgehead atoms. The number of carbonyl (C=O) groups is 2. The zero-order chi connectivity index (χ0) is 17.7. The first kappa shape index (κ1) is 17.9. The number of hydrogen-bond acceptors (Lipinski definition) is 7. The average Bonchev–Trinajstić information content (AvgIpc) is 2.92. The van der Waals surface area contributed by atoms with Gasteiger partial charge in [-0.3, -0.25) is 10.1 Å². The molecule has 1 aromatic carbocycles. The fraction of sp³-hybridized carbons (Fsp3) is 0.429. The van der Waals surface area contributed by atoms with Crippen LogP contribution < -0.4 is 5.73 Å². The van der Waals surface area contributed by atoms with Crippen molar-refractivity contribution in [2.75, 3.05) is 13.2 Å². The summed E-state index contributed by atoms with van der Waals surface area (Å²) in [5, 5.41) is 10.5. The Hall–Kier alpha value is -2.49. The summed E-state index contributed by atoms with van der Waals surface area (Å²) in [6, 6.07) is 5.37. The molecule has 10 heteroatoms. The molecule has 1 heterocycles. The minimum Gasteiger partial charge on any atom is -0.448 e. The third kappa shape index (κ3) is 4.75. The van der Waals surface area contributed by atoms with E-state index in [9.17, 15) is 19.7 Å². The Bertz CT molecular complexity index is 623. The number of likely N-dealkylation sites (tertiary alicyclic amines) is 1. The number of rotatable bonds is 5. The molecule has 1 aromatic rings. The van der Waals surface area contributed by atoms with Crippen LogP contribution in [0.1, 0.15) is 12.0 Å². The van der Waals surface area contributed by atoms with E-state index in [0.29, 0.717) is 18.5 Å². The number of ether oxygens (including phenoxy) is 2. The fourth-order valence-electron chi connectivity index (χ4n) is 2.39. The third-order valence-electron chi connectivity index (χ3n) is 3.55. The first-order chi connectivity index (χ1) is 11.4. The maximum absolute atomic E-state index is 12.2. The number of nitro groups is 1. The molecule has 130 valence electrons. The van der Waals surface area contributed by atoms with Gasteiger partial charge in [-0.15, -0.1) is 0 Å². The maximum atomic E-state index is 12.2. The molecule has 0 unspecified atom stereocenters. The summed E-state index contributed by atoms with van der Waals surface area (Å²) >= 11 is 4.33. The van der Waals surface area contributed by atoms with Crippen LogP contribution in [-0.4, -0.2) is 46.5 Å². The van der Waals surface area contributed by atoms with Crippen molar-refractivity contribution in [3.05, 3.63) is 39.9 Å². The number of hydrogen-bond donors (Lipinski definition) is 2. The molecule has 0 radical (unpaired) electrons. The van der Waals surface area contributed by atoms with Crippen molar-refractivity contribution in [1.29, 1.82) is 0 Å². The van der Waals surface area contributed by atoms with Gasteiger partial charge in [0.25, 0.3) is 5.69 Å². The summed E-state index contributed by atoms with van der Waals surface area (Å²) in [6.45, 7) is 0.335. The van der Waals surface area contributed by atoms with Crippen molar-refractivity contribution >= 4 is 30.5 Å². The number of nitrogens with zero attached hydrogens (tertiary/aromatic N) is 2. The van der Waals surface area contributed by atoms with Crippen LogP contribution in [0, 0.1) is 10.1 Å². The lowest BCUT2D eigenvalue weighted by Gasteiger charge is -2.23. The van der Waals surface area contributed by atoms with E-state index in [1.165, 1.54) is 29.2 Å². The molecule has 0 aliphatic carbocycles. The SMILES string of the molecule is NC(=O)OC[C@@H]1C[C@H](S)CN1C(=O)OCc1ccc([N+](=O)[O-])cc1. The van der Waals surface area contributed by atoms with Crippen LogP contribution in [0.2, 0.25) is 0 Å². The minimum atomic E-state index is -0.906. The van der Waals surface area contributed by atoms with Crippen molar-refractivity contribution in [3.63, 3.8) is 0 Å². The summed E-state index contributed by atoms with van der Waals surface area (Å²) in [6.07, 6.45) is -0.914. The van der Waals surface area contributed by atoms with Gasteiger partial charge < -0.3 is 20.1 Å². The second kappa shape index (κ2) is 7.86. The molecular weight excluding hydrogens is 338 g/mol. The smallest absolute Gasteiger partial charge is 0.410 e. The largest absolute Gasteiger partial charge is 0.448 e. The molecule has 1 aliphatic heterocycles. The van der Waals surface area contributed by atoms with Gasteiger partial charge in [-0.1, -0.05) is 0 Å². The summed E-state index contributed by atoms with van der Waals surface area (Å²) < 4.78 is 9.95. The first-order valence-electron chi connectivity index (χ1n) is 7.14. The molecule has 0 aromatic heterocycles. The van der Waals surface area contributed by atoms with E-state index in [-0.39, 0.29) is 30.2 Å². The third-order valence-corrected chi connectivity index (χ3v) is 3.93. The Morgan fingerprint density at radius 3 is 2.58 bits per heavy atom. The average molecular weight is 355 g/mol. The molecule has 0 spiro atoms. The highest BCUT2D eigenvalue weighted by Crippen LogP contribution is 2.23. The van der Waals surface area contributed by atoms with Crippen LogP contribution in [0.5, 0.6) is 0 Å². The van der Waals surface area contributed by atoms with E-state index in [4.69, 9.17) is 15.2 Å². The topological polar surface area (TPSA) is 125 Å². The second-order valence-electron chi connectivity index (χ2n) is 5.30. The minimum absolute atomic E-state index is 0.0149. The highest BCUT2D eigenvalue weighted by Gasteiger charge is 2.35. The number of carbonyl (C=O) groups excluding carboxylic acids is 2. The number of primary amides is 1. The summed E-state index contributed by atoms with van der Waals surface area (Å²) in [7, 11) is 0. The van der Waals surface area contributed by atoms with Gasteiger partial charge in [0.2, 0.25) is 0 Å². The van der Waals surface area contributed by atoms with E-state index in [2.05, 4.69) is 12.6 Å². The number of non-ortho nitro benzene ring substituents is 1. The molecule has 24 heavy (non-hydrogen) atoms. The standard InChI is InChI=1S/C14H17N3O6S/c15-13(18)22-8-11-5-12(24)6-16(11)14(19)23-7-9-1-3-10(4-2-9)17(20)21/h1-4,11-12,24H,5-8H2,(H2,15,18)/t11-,12-/m0/s1. The van der Waals surface area contributed by atoms with Gasteiger partial charge in [-0.25, -0.2) is 9.59 Å². The lowest BCUT2D eigenvalue weighted by Crippen LogP contribution is -2.39. The zero-order valence-electron chi connectivity index (χ0n) is 12.7. The molecule has 2 N–H and O–H groups in total. The van der Waals surface area contributed by atoms with Crippen LogP contribution >= 0.6 is 12.6 Å². The molecular formula is C14H17N3O6S. The lowest BCUT2D eigenvalue weighted by molar-refractivity contribution is -0.384. The predicted molar refractivity (Wildman–Crippen MR) is 86.7 cm³/mol. The van der Waals surface area contributed by atoms with E-state index in [0.717, 1.165) is 0 Å². The van der Waals surface area contributed by atoms with Crippen molar-refractivity contribution in [1.82, 2.24) is 4.90 Å². The predicted octanol–water partition coefficient (Wildman–Crippen LogP) is 1.70. The van der Waals surface area contributed by atoms with Gasteiger partial charge in [0, 0.05) is 23.9 Å². The van der Waals surface area contributed by atoms with Gasteiger partial charge in [0.15, 0.2) is 0 Å². The Labute approximate surface area is 143 Å². The number of amides is 2. The molecule has 9 nitrogen and oxygen atoms in total. The Morgan fingerprint density at radius 2 is 2.00 bits per heavy atom.